The first-order chi connectivity index (χ1) is 9.10. The van der Waals surface area contributed by atoms with Crippen molar-refractivity contribution in [2.45, 2.75) is 31.7 Å². The first-order valence-electron chi connectivity index (χ1n) is 6.23. The normalized spacial score (nSPS) is 21.9. The maximum atomic E-state index is 13.0. The summed E-state index contributed by atoms with van der Waals surface area (Å²) in [5.74, 6) is -2.29. The van der Waals surface area contributed by atoms with Crippen molar-refractivity contribution in [2.75, 3.05) is 0 Å². The molecular weight excluding hydrogens is 250 g/mol. The van der Waals surface area contributed by atoms with E-state index in [4.69, 9.17) is 5.26 Å². The molecule has 1 amide bonds. The Morgan fingerprint density at radius 2 is 2.16 bits per heavy atom. The Labute approximate surface area is 110 Å². The number of benzene rings is 1. The van der Waals surface area contributed by atoms with E-state index in [1.165, 1.54) is 6.07 Å². The zero-order chi connectivity index (χ0) is 13.8. The molecule has 0 saturated heterocycles. The zero-order valence-corrected chi connectivity index (χ0v) is 10.3. The molecular formula is C14H14F2N2O. The molecule has 2 unspecified atom stereocenters. The van der Waals surface area contributed by atoms with Crippen LogP contribution >= 0.6 is 0 Å². The summed E-state index contributed by atoms with van der Waals surface area (Å²) in [7, 11) is 0. The third-order valence-electron chi connectivity index (χ3n) is 3.38. The number of rotatable bonds is 3. The van der Waals surface area contributed by atoms with Gasteiger partial charge in [-0.3, -0.25) is 4.79 Å². The maximum absolute atomic E-state index is 13.0. The van der Waals surface area contributed by atoms with E-state index in [9.17, 15) is 13.6 Å². The molecule has 1 aliphatic rings. The van der Waals surface area contributed by atoms with Crippen LogP contribution in [0.4, 0.5) is 8.78 Å². The maximum Gasteiger partial charge on any atom is 0.224 e. The van der Waals surface area contributed by atoms with E-state index >= 15 is 0 Å². The van der Waals surface area contributed by atoms with E-state index in [0.29, 0.717) is 5.56 Å². The Morgan fingerprint density at radius 3 is 2.84 bits per heavy atom. The minimum absolute atomic E-state index is 0.00809. The molecule has 0 spiro atoms. The summed E-state index contributed by atoms with van der Waals surface area (Å²) < 4.78 is 25.8. The summed E-state index contributed by atoms with van der Waals surface area (Å²) in [5, 5.41) is 11.7. The second-order valence-electron chi connectivity index (χ2n) is 4.77. The summed E-state index contributed by atoms with van der Waals surface area (Å²) >= 11 is 0. The van der Waals surface area contributed by atoms with Crippen LogP contribution < -0.4 is 5.32 Å². The van der Waals surface area contributed by atoms with Crippen LogP contribution in [0.25, 0.3) is 0 Å². The van der Waals surface area contributed by atoms with Crippen LogP contribution in [0.5, 0.6) is 0 Å². The standard InChI is InChI=1S/C14H14F2N2O/c15-11-5-4-9(6-12(11)16)7-14(19)18-13-3-1-2-10(13)8-17/h4-6,10,13H,1-3,7H2,(H,18,19). The molecule has 3 nitrogen and oxygen atoms in total. The highest BCUT2D eigenvalue weighted by molar-refractivity contribution is 5.79. The monoisotopic (exact) mass is 264 g/mol. The lowest BCUT2D eigenvalue weighted by molar-refractivity contribution is -0.121. The van der Waals surface area contributed by atoms with Crippen LogP contribution in [0.3, 0.4) is 0 Å². The predicted molar refractivity (Wildman–Crippen MR) is 64.9 cm³/mol. The average Bonchev–Trinajstić information content (AvgIpc) is 2.81. The van der Waals surface area contributed by atoms with E-state index in [1.807, 2.05) is 0 Å². The first kappa shape index (κ1) is 13.5. The van der Waals surface area contributed by atoms with Crippen molar-refractivity contribution < 1.29 is 13.6 Å². The van der Waals surface area contributed by atoms with Crippen molar-refractivity contribution in [3.63, 3.8) is 0 Å². The molecule has 0 heterocycles. The fraction of sp³-hybridized carbons (Fsp3) is 0.429. The van der Waals surface area contributed by atoms with Gasteiger partial charge in [-0.1, -0.05) is 6.07 Å². The molecule has 0 aromatic heterocycles. The molecule has 2 atom stereocenters. The lowest BCUT2D eigenvalue weighted by Gasteiger charge is -2.15. The van der Waals surface area contributed by atoms with E-state index in [0.717, 1.165) is 31.4 Å². The molecule has 1 aromatic carbocycles. The smallest absolute Gasteiger partial charge is 0.224 e. The Morgan fingerprint density at radius 1 is 1.37 bits per heavy atom. The highest BCUT2D eigenvalue weighted by Crippen LogP contribution is 2.24. The van der Waals surface area contributed by atoms with Crippen molar-refractivity contribution in [2.24, 2.45) is 5.92 Å². The predicted octanol–water partition coefficient (Wildman–Crippen LogP) is 2.32. The molecule has 0 aliphatic heterocycles. The second kappa shape index (κ2) is 5.79. The number of carbonyl (C=O) groups excluding carboxylic acids is 1. The lowest BCUT2D eigenvalue weighted by Crippen LogP contribution is -2.37. The molecule has 1 aromatic rings. The van der Waals surface area contributed by atoms with Gasteiger partial charge in [-0.25, -0.2) is 8.78 Å². The van der Waals surface area contributed by atoms with Crippen molar-refractivity contribution >= 4 is 5.91 Å². The Hall–Kier alpha value is -1.96. The summed E-state index contributed by atoms with van der Waals surface area (Å²) in [4.78, 5) is 11.8. The van der Waals surface area contributed by atoms with E-state index < -0.39 is 11.6 Å². The number of nitrogens with one attached hydrogen (secondary N) is 1. The number of carbonyl (C=O) groups is 1. The Kier molecular flexibility index (Phi) is 4.10. The van der Waals surface area contributed by atoms with Gasteiger partial charge in [0.2, 0.25) is 5.91 Å². The SMILES string of the molecule is N#CC1CCCC1NC(=O)Cc1ccc(F)c(F)c1. The minimum Gasteiger partial charge on any atom is -0.352 e. The quantitative estimate of drug-likeness (QED) is 0.910. The van der Waals surface area contributed by atoms with E-state index in [1.54, 1.807) is 0 Å². The van der Waals surface area contributed by atoms with Gasteiger partial charge in [0.25, 0.3) is 0 Å². The van der Waals surface area contributed by atoms with Gasteiger partial charge in [0.1, 0.15) is 0 Å². The van der Waals surface area contributed by atoms with Gasteiger partial charge in [-0.15, -0.1) is 0 Å². The molecule has 2 rings (SSSR count). The third kappa shape index (κ3) is 3.28. The molecule has 1 N–H and O–H groups in total. The lowest BCUT2D eigenvalue weighted by atomic mass is 10.1. The van der Waals surface area contributed by atoms with E-state index in [-0.39, 0.29) is 24.3 Å². The Bertz CT molecular complexity index is 525. The van der Waals surface area contributed by atoms with Gasteiger partial charge >= 0.3 is 0 Å². The van der Waals surface area contributed by atoms with Crippen LogP contribution in [-0.2, 0) is 11.2 Å². The minimum atomic E-state index is -0.957. The number of hydrogen-bond acceptors (Lipinski definition) is 2. The third-order valence-corrected chi connectivity index (χ3v) is 3.38. The van der Waals surface area contributed by atoms with Crippen molar-refractivity contribution in [1.82, 2.24) is 5.32 Å². The van der Waals surface area contributed by atoms with E-state index in [2.05, 4.69) is 11.4 Å². The summed E-state index contributed by atoms with van der Waals surface area (Å²) in [6.07, 6.45) is 2.51. The molecule has 5 heteroatoms. The fourth-order valence-electron chi connectivity index (χ4n) is 2.38. The van der Waals surface area contributed by atoms with Crippen LogP contribution in [0.2, 0.25) is 0 Å². The van der Waals surface area contributed by atoms with Gasteiger partial charge in [-0.05, 0) is 37.0 Å². The molecule has 1 saturated carbocycles. The van der Waals surface area contributed by atoms with Crippen molar-refractivity contribution in [3.05, 3.63) is 35.4 Å². The van der Waals surface area contributed by atoms with Crippen LogP contribution in [-0.4, -0.2) is 11.9 Å². The number of nitriles is 1. The first-order valence-corrected chi connectivity index (χ1v) is 6.23. The fourth-order valence-corrected chi connectivity index (χ4v) is 2.38. The number of halogens is 2. The van der Waals surface area contributed by atoms with Crippen molar-refractivity contribution in [1.29, 1.82) is 5.26 Å². The van der Waals surface area contributed by atoms with Crippen molar-refractivity contribution in [3.8, 4) is 6.07 Å². The molecule has 1 fully saturated rings. The van der Waals surface area contributed by atoms with Crippen LogP contribution in [0, 0.1) is 28.9 Å². The molecule has 0 radical (unpaired) electrons. The zero-order valence-electron chi connectivity index (χ0n) is 10.3. The summed E-state index contributed by atoms with van der Waals surface area (Å²) in [6, 6.07) is 5.46. The number of nitrogens with zero attached hydrogens (tertiary/aromatic N) is 1. The molecule has 0 bridgehead atoms. The van der Waals surface area contributed by atoms with Crippen LogP contribution in [0.1, 0.15) is 24.8 Å². The summed E-state index contributed by atoms with van der Waals surface area (Å²) in [5.41, 5.74) is 0.419. The average molecular weight is 264 g/mol. The molecule has 100 valence electrons. The number of amides is 1. The largest absolute Gasteiger partial charge is 0.352 e. The van der Waals surface area contributed by atoms with Gasteiger partial charge in [0.15, 0.2) is 11.6 Å². The second-order valence-corrected chi connectivity index (χ2v) is 4.77. The van der Waals surface area contributed by atoms with Gasteiger partial charge < -0.3 is 5.32 Å². The highest BCUT2D eigenvalue weighted by Gasteiger charge is 2.28. The van der Waals surface area contributed by atoms with Gasteiger partial charge in [-0.2, -0.15) is 5.26 Å². The topological polar surface area (TPSA) is 52.9 Å². The van der Waals surface area contributed by atoms with Gasteiger partial charge in [0.05, 0.1) is 18.4 Å². The molecule has 19 heavy (non-hydrogen) atoms. The van der Waals surface area contributed by atoms with Gasteiger partial charge in [0, 0.05) is 6.04 Å². The summed E-state index contributed by atoms with van der Waals surface area (Å²) in [6.45, 7) is 0. The van der Waals surface area contributed by atoms with Crippen LogP contribution in [0.15, 0.2) is 18.2 Å². The Balaban J connectivity index is 1.94. The molecule has 1 aliphatic carbocycles. The highest BCUT2D eigenvalue weighted by atomic mass is 19.2. The number of hydrogen-bond donors (Lipinski definition) is 1.